The van der Waals surface area contributed by atoms with Gasteiger partial charge in [-0.1, -0.05) is 77.8 Å². The van der Waals surface area contributed by atoms with Crippen LogP contribution in [0.2, 0.25) is 10.0 Å². The molecule has 0 spiro atoms. The van der Waals surface area contributed by atoms with Crippen LogP contribution in [0.15, 0.2) is 78.9 Å². The second-order valence-corrected chi connectivity index (χ2v) is 10.2. The highest BCUT2D eigenvalue weighted by atomic mass is 35.5. The molecule has 1 saturated heterocycles. The second kappa shape index (κ2) is 10.2. The summed E-state index contributed by atoms with van der Waals surface area (Å²) in [5.41, 5.74) is 5.20. The summed E-state index contributed by atoms with van der Waals surface area (Å²) >= 11 is 12.6. The number of nitrogens with zero attached hydrogens (tertiary/aromatic N) is 2. The Hall–Kier alpha value is -2.63. The standard InChI is InChI=1S/C29H30Cl2N4/c1-20-27(34-28(33-20)23-6-4-3-5-7-23)29(2,35-18-16-32-17-19-35)26(21-8-12-24(30)13-9-21)22-10-14-25(31)15-11-22/h3-15,26,32H,16-19H2,1-2H3,(H,33,34). The lowest BCUT2D eigenvalue weighted by atomic mass is 9.72. The molecule has 35 heavy (non-hydrogen) atoms. The molecule has 1 unspecified atom stereocenters. The molecule has 0 amide bonds. The summed E-state index contributed by atoms with van der Waals surface area (Å²) in [5, 5.41) is 4.98. The SMILES string of the molecule is Cc1[nH]c(-c2ccccc2)nc1C(C)(C(c1ccc(Cl)cc1)c1ccc(Cl)cc1)N1CCNCC1. The number of nitrogens with one attached hydrogen (secondary N) is 2. The van der Waals surface area contributed by atoms with Gasteiger partial charge in [-0.2, -0.15) is 0 Å². The lowest BCUT2D eigenvalue weighted by Gasteiger charge is -2.48. The fourth-order valence-electron chi connectivity index (χ4n) is 5.44. The van der Waals surface area contributed by atoms with Gasteiger partial charge in [0.2, 0.25) is 0 Å². The van der Waals surface area contributed by atoms with E-state index in [1.165, 1.54) is 11.1 Å². The Kier molecular flexibility index (Phi) is 6.99. The number of H-pyrrole nitrogens is 1. The monoisotopic (exact) mass is 504 g/mol. The van der Waals surface area contributed by atoms with Gasteiger partial charge in [0.05, 0.1) is 11.2 Å². The van der Waals surface area contributed by atoms with Crippen molar-refractivity contribution < 1.29 is 0 Å². The summed E-state index contributed by atoms with van der Waals surface area (Å²) in [5.74, 6) is 0.908. The summed E-state index contributed by atoms with van der Waals surface area (Å²) < 4.78 is 0. The minimum atomic E-state index is -0.419. The van der Waals surface area contributed by atoms with Crippen molar-refractivity contribution in [1.29, 1.82) is 0 Å². The van der Waals surface area contributed by atoms with Crippen LogP contribution in [-0.2, 0) is 5.54 Å². The topological polar surface area (TPSA) is 44.0 Å². The van der Waals surface area contributed by atoms with E-state index < -0.39 is 5.54 Å². The van der Waals surface area contributed by atoms with Gasteiger partial charge in [-0.05, 0) is 49.2 Å². The minimum absolute atomic E-state index is 0.0146. The van der Waals surface area contributed by atoms with Crippen molar-refractivity contribution in [2.45, 2.75) is 25.3 Å². The van der Waals surface area contributed by atoms with Gasteiger partial charge in [0.1, 0.15) is 5.82 Å². The Labute approximate surface area is 217 Å². The van der Waals surface area contributed by atoms with Crippen LogP contribution in [0.1, 0.15) is 35.4 Å². The lowest BCUT2D eigenvalue weighted by molar-refractivity contribution is 0.0673. The van der Waals surface area contributed by atoms with Crippen LogP contribution in [0.3, 0.4) is 0 Å². The molecule has 4 nitrogen and oxygen atoms in total. The lowest BCUT2D eigenvalue weighted by Crippen LogP contribution is -2.56. The molecular weight excluding hydrogens is 475 g/mol. The molecule has 6 heteroatoms. The van der Waals surface area contributed by atoms with Crippen LogP contribution in [0.5, 0.6) is 0 Å². The number of piperazine rings is 1. The number of hydrogen-bond donors (Lipinski definition) is 2. The van der Waals surface area contributed by atoms with Crippen molar-refractivity contribution in [3.63, 3.8) is 0 Å². The molecule has 180 valence electrons. The van der Waals surface area contributed by atoms with Gasteiger partial charge >= 0.3 is 0 Å². The van der Waals surface area contributed by atoms with Crippen molar-refractivity contribution in [2.75, 3.05) is 26.2 Å². The van der Waals surface area contributed by atoms with Crippen molar-refractivity contribution >= 4 is 23.2 Å². The van der Waals surface area contributed by atoms with Crippen molar-refractivity contribution in [3.8, 4) is 11.4 Å². The zero-order valence-electron chi connectivity index (χ0n) is 20.1. The van der Waals surface area contributed by atoms with E-state index in [0.717, 1.165) is 59.0 Å². The Bertz CT molecular complexity index is 1220. The van der Waals surface area contributed by atoms with E-state index in [0.29, 0.717) is 0 Å². The van der Waals surface area contributed by atoms with Crippen LogP contribution in [0.25, 0.3) is 11.4 Å². The van der Waals surface area contributed by atoms with Crippen molar-refractivity contribution in [2.24, 2.45) is 0 Å². The average Bonchev–Trinajstić information content (AvgIpc) is 3.29. The number of rotatable bonds is 6. The number of aromatic nitrogens is 2. The fourth-order valence-corrected chi connectivity index (χ4v) is 5.69. The quantitative estimate of drug-likeness (QED) is 0.309. The molecular formula is C29H30Cl2N4. The summed E-state index contributed by atoms with van der Waals surface area (Å²) in [6.45, 7) is 8.22. The number of halogens is 2. The number of aryl methyl sites for hydroxylation is 1. The largest absolute Gasteiger partial charge is 0.342 e. The molecule has 1 fully saturated rings. The molecule has 2 N–H and O–H groups in total. The molecule has 0 saturated carbocycles. The van der Waals surface area contributed by atoms with E-state index in [4.69, 9.17) is 28.2 Å². The van der Waals surface area contributed by atoms with E-state index in [1.807, 2.05) is 42.5 Å². The molecule has 0 aliphatic carbocycles. The van der Waals surface area contributed by atoms with E-state index in [2.05, 4.69) is 65.4 Å². The van der Waals surface area contributed by atoms with Crippen LogP contribution >= 0.6 is 23.2 Å². The van der Waals surface area contributed by atoms with E-state index >= 15 is 0 Å². The third kappa shape index (κ3) is 4.76. The molecule has 1 aliphatic rings. The first-order chi connectivity index (χ1) is 17.0. The van der Waals surface area contributed by atoms with E-state index in [9.17, 15) is 0 Å². The number of imidazole rings is 1. The number of aromatic amines is 1. The highest BCUT2D eigenvalue weighted by Crippen LogP contribution is 2.47. The van der Waals surface area contributed by atoms with Gasteiger partial charge in [0, 0.05) is 53.4 Å². The Morgan fingerprint density at radius 3 is 1.91 bits per heavy atom. The molecule has 5 rings (SSSR count). The Morgan fingerprint density at radius 2 is 1.37 bits per heavy atom. The van der Waals surface area contributed by atoms with Gasteiger partial charge in [-0.3, -0.25) is 4.90 Å². The third-order valence-electron chi connectivity index (χ3n) is 7.15. The first kappa shape index (κ1) is 24.1. The van der Waals surface area contributed by atoms with Gasteiger partial charge in [0.25, 0.3) is 0 Å². The summed E-state index contributed by atoms with van der Waals surface area (Å²) in [6.07, 6.45) is 0. The highest BCUT2D eigenvalue weighted by molar-refractivity contribution is 6.30. The van der Waals surface area contributed by atoms with Gasteiger partial charge in [-0.15, -0.1) is 0 Å². The van der Waals surface area contributed by atoms with E-state index in [1.54, 1.807) is 0 Å². The summed E-state index contributed by atoms with van der Waals surface area (Å²) in [7, 11) is 0. The van der Waals surface area contributed by atoms with Gasteiger partial charge in [-0.25, -0.2) is 4.98 Å². The highest BCUT2D eigenvalue weighted by Gasteiger charge is 2.46. The molecule has 3 aromatic carbocycles. The van der Waals surface area contributed by atoms with E-state index in [-0.39, 0.29) is 5.92 Å². The molecule has 0 bridgehead atoms. The van der Waals surface area contributed by atoms with Crippen molar-refractivity contribution in [3.05, 3.63) is 111 Å². The first-order valence-corrected chi connectivity index (χ1v) is 12.8. The normalized spacial score (nSPS) is 16.4. The number of hydrogen-bond acceptors (Lipinski definition) is 3. The maximum atomic E-state index is 6.31. The van der Waals surface area contributed by atoms with Crippen LogP contribution in [0.4, 0.5) is 0 Å². The molecule has 1 atom stereocenters. The maximum absolute atomic E-state index is 6.31. The Balaban J connectivity index is 1.73. The molecule has 4 aromatic rings. The number of benzene rings is 3. The fraction of sp³-hybridized carbons (Fsp3) is 0.276. The van der Waals surface area contributed by atoms with Crippen LogP contribution in [0, 0.1) is 6.92 Å². The molecule has 1 aliphatic heterocycles. The average molecular weight is 505 g/mol. The van der Waals surface area contributed by atoms with Crippen LogP contribution in [-0.4, -0.2) is 41.0 Å². The van der Waals surface area contributed by atoms with Crippen LogP contribution < -0.4 is 5.32 Å². The smallest absolute Gasteiger partial charge is 0.137 e. The minimum Gasteiger partial charge on any atom is -0.342 e. The molecule has 2 heterocycles. The molecule has 0 radical (unpaired) electrons. The zero-order chi connectivity index (χ0) is 24.4. The third-order valence-corrected chi connectivity index (χ3v) is 7.66. The van der Waals surface area contributed by atoms with Gasteiger partial charge in [0.15, 0.2) is 0 Å². The predicted molar refractivity (Wildman–Crippen MR) is 145 cm³/mol. The van der Waals surface area contributed by atoms with Gasteiger partial charge < -0.3 is 10.3 Å². The van der Waals surface area contributed by atoms with Crippen molar-refractivity contribution in [1.82, 2.24) is 20.2 Å². The second-order valence-electron chi connectivity index (χ2n) is 9.35. The Morgan fingerprint density at radius 1 is 0.829 bits per heavy atom. The predicted octanol–water partition coefficient (Wildman–Crippen LogP) is 6.64. The zero-order valence-corrected chi connectivity index (χ0v) is 21.6. The molecule has 1 aromatic heterocycles. The maximum Gasteiger partial charge on any atom is 0.137 e. The first-order valence-electron chi connectivity index (χ1n) is 12.1. The summed E-state index contributed by atoms with van der Waals surface area (Å²) in [6, 6.07) is 26.8. The summed E-state index contributed by atoms with van der Waals surface area (Å²) in [4.78, 5) is 11.4.